The highest BCUT2D eigenvalue weighted by atomic mass is 16.4. The molecule has 0 amide bonds. The Morgan fingerprint density at radius 2 is 1.73 bits per heavy atom. The van der Waals surface area contributed by atoms with Crippen LogP contribution in [0.25, 0.3) is 11.5 Å². The number of hydrogen-bond acceptors (Lipinski definition) is 4. The van der Waals surface area contributed by atoms with Crippen molar-refractivity contribution in [2.45, 2.75) is 19.9 Å². The van der Waals surface area contributed by atoms with E-state index in [-0.39, 0.29) is 0 Å². The highest BCUT2D eigenvalue weighted by Crippen LogP contribution is 2.16. The summed E-state index contributed by atoms with van der Waals surface area (Å²) in [6, 6.07) is 18.2. The second-order valence-electron chi connectivity index (χ2n) is 5.22. The molecule has 0 spiro atoms. The van der Waals surface area contributed by atoms with Crippen molar-refractivity contribution in [1.29, 1.82) is 0 Å². The summed E-state index contributed by atoms with van der Waals surface area (Å²) in [7, 11) is 0. The van der Waals surface area contributed by atoms with Crippen LogP contribution in [0.5, 0.6) is 0 Å². The Bertz CT molecular complexity index is 722. The second-order valence-corrected chi connectivity index (χ2v) is 5.22. The molecule has 0 radical (unpaired) electrons. The zero-order valence-corrected chi connectivity index (χ0v) is 12.6. The lowest BCUT2D eigenvalue weighted by atomic mass is 10.1. The highest BCUT2D eigenvalue weighted by molar-refractivity contribution is 5.51. The molecule has 0 atom stereocenters. The van der Waals surface area contributed by atoms with E-state index in [1.54, 1.807) is 0 Å². The van der Waals surface area contributed by atoms with Gasteiger partial charge in [0.1, 0.15) is 0 Å². The lowest BCUT2D eigenvalue weighted by Gasteiger charge is -2.06. The molecule has 0 saturated carbocycles. The average Bonchev–Trinajstić information content (AvgIpc) is 3.03. The van der Waals surface area contributed by atoms with Crippen molar-refractivity contribution < 1.29 is 4.42 Å². The minimum Gasteiger partial charge on any atom is -0.421 e. The fourth-order valence-electron chi connectivity index (χ4n) is 2.28. The standard InChI is InChI=1S/C18H19N3O/c1-14-7-5-6-10-16(14)13-19-12-11-17-20-21-18(22-17)15-8-3-2-4-9-15/h2-10,19H,11-13H2,1H3. The molecule has 0 saturated heterocycles. The molecule has 112 valence electrons. The lowest BCUT2D eigenvalue weighted by molar-refractivity contribution is 0.494. The topological polar surface area (TPSA) is 51.0 Å². The molecule has 0 aliphatic carbocycles. The lowest BCUT2D eigenvalue weighted by Crippen LogP contribution is -2.17. The largest absolute Gasteiger partial charge is 0.421 e. The quantitative estimate of drug-likeness (QED) is 0.708. The van der Waals surface area contributed by atoms with Crippen molar-refractivity contribution in [3.63, 3.8) is 0 Å². The van der Waals surface area contributed by atoms with Crippen LogP contribution < -0.4 is 5.32 Å². The summed E-state index contributed by atoms with van der Waals surface area (Å²) in [5.74, 6) is 1.24. The Morgan fingerprint density at radius 3 is 2.55 bits per heavy atom. The highest BCUT2D eigenvalue weighted by Gasteiger charge is 2.07. The first kappa shape index (κ1) is 14.5. The van der Waals surface area contributed by atoms with Gasteiger partial charge in [-0.2, -0.15) is 0 Å². The molecule has 1 heterocycles. The minimum absolute atomic E-state index is 0.578. The van der Waals surface area contributed by atoms with Crippen molar-refractivity contribution in [2.75, 3.05) is 6.54 Å². The van der Waals surface area contributed by atoms with Gasteiger partial charge in [-0.25, -0.2) is 0 Å². The van der Waals surface area contributed by atoms with Crippen molar-refractivity contribution in [2.24, 2.45) is 0 Å². The van der Waals surface area contributed by atoms with Crippen LogP contribution in [0.1, 0.15) is 17.0 Å². The number of nitrogens with zero attached hydrogens (tertiary/aromatic N) is 2. The van der Waals surface area contributed by atoms with Crippen LogP contribution in [0.3, 0.4) is 0 Å². The van der Waals surface area contributed by atoms with Crippen LogP contribution >= 0.6 is 0 Å². The minimum atomic E-state index is 0.578. The SMILES string of the molecule is Cc1ccccc1CNCCc1nnc(-c2ccccc2)o1. The number of rotatable bonds is 6. The summed E-state index contributed by atoms with van der Waals surface area (Å²) < 4.78 is 5.68. The maximum Gasteiger partial charge on any atom is 0.247 e. The summed E-state index contributed by atoms with van der Waals surface area (Å²) in [5, 5.41) is 11.6. The fraction of sp³-hybridized carbons (Fsp3) is 0.222. The summed E-state index contributed by atoms with van der Waals surface area (Å²) in [5.41, 5.74) is 3.58. The third kappa shape index (κ3) is 3.59. The van der Waals surface area contributed by atoms with Gasteiger partial charge in [0.25, 0.3) is 0 Å². The molecular weight excluding hydrogens is 274 g/mol. The van der Waals surface area contributed by atoms with E-state index in [2.05, 4.69) is 46.7 Å². The van der Waals surface area contributed by atoms with E-state index in [1.165, 1.54) is 11.1 Å². The Labute approximate surface area is 130 Å². The zero-order chi connectivity index (χ0) is 15.2. The van der Waals surface area contributed by atoms with Crippen LogP contribution in [-0.4, -0.2) is 16.7 Å². The molecule has 1 N–H and O–H groups in total. The molecular formula is C18H19N3O. The number of nitrogens with one attached hydrogen (secondary N) is 1. The fourth-order valence-corrected chi connectivity index (χ4v) is 2.28. The molecule has 4 heteroatoms. The second kappa shape index (κ2) is 7.00. The first-order valence-corrected chi connectivity index (χ1v) is 7.46. The molecule has 0 unspecified atom stereocenters. The molecule has 22 heavy (non-hydrogen) atoms. The molecule has 0 aliphatic rings. The third-order valence-electron chi connectivity index (χ3n) is 3.58. The van der Waals surface area contributed by atoms with Gasteiger partial charge in [-0.15, -0.1) is 10.2 Å². The first-order chi connectivity index (χ1) is 10.8. The van der Waals surface area contributed by atoms with Crippen LogP contribution in [0.2, 0.25) is 0 Å². The monoisotopic (exact) mass is 293 g/mol. The molecule has 0 aliphatic heterocycles. The Kier molecular flexibility index (Phi) is 4.61. The van der Waals surface area contributed by atoms with E-state index in [4.69, 9.17) is 4.42 Å². The van der Waals surface area contributed by atoms with Gasteiger partial charge >= 0.3 is 0 Å². The van der Waals surface area contributed by atoms with Gasteiger partial charge in [-0.1, -0.05) is 42.5 Å². The summed E-state index contributed by atoms with van der Waals surface area (Å²) >= 11 is 0. The predicted octanol–water partition coefficient (Wildman–Crippen LogP) is 3.38. The number of hydrogen-bond donors (Lipinski definition) is 1. The summed E-state index contributed by atoms with van der Waals surface area (Å²) in [4.78, 5) is 0. The molecule has 1 aromatic heterocycles. The van der Waals surface area contributed by atoms with Crippen LogP contribution in [0.15, 0.2) is 59.0 Å². The molecule has 4 nitrogen and oxygen atoms in total. The van der Waals surface area contributed by atoms with Crippen molar-refractivity contribution in [1.82, 2.24) is 15.5 Å². The van der Waals surface area contributed by atoms with Gasteiger partial charge in [0.05, 0.1) is 0 Å². The smallest absolute Gasteiger partial charge is 0.247 e. The van der Waals surface area contributed by atoms with Gasteiger partial charge in [0.2, 0.25) is 11.8 Å². The van der Waals surface area contributed by atoms with Crippen molar-refractivity contribution in [3.05, 3.63) is 71.6 Å². The number of benzene rings is 2. The van der Waals surface area contributed by atoms with E-state index < -0.39 is 0 Å². The Hall–Kier alpha value is -2.46. The average molecular weight is 293 g/mol. The van der Waals surface area contributed by atoms with Crippen LogP contribution in [0, 0.1) is 6.92 Å². The summed E-state index contributed by atoms with van der Waals surface area (Å²) in [6.45, 7) is 3.79. The molecule has 3 aromatic rings. The third-order valence-corrected chi connectivity index (χ3v) is 3.58. The molecule has 0 bridgehead atoms. The first-order valence-electron chi connectivity index (χ1n) is 7.46. The van der Waals surface area contributed by atoms with Crippen LogP contribution in [0.4, 0.5) is 0 Å². The zero-order valence-electron chi connectivity index (χ0n) is 12.6. The van der Waals surface area contributed by atoms with E-state index in [0.29, 0.717) is 11.8 Å². The normalized spacial score (nSPS) is 10.8. The maximum absolute atomic E-state index is 5.68. The van der Waals surface area contributed by atoms with Crippen molar-refractivity contribution >= 4 is 0 Å². The van der Waals surface area contributed by atoms with Crippen molar-refractivity contribution in [3.8, 4) is 11.5 Å². The van der Waals surface area contributed by atoms with E-state index in [0.717, 1.165) is 25.1 Å². The number of aromatic nitrogens is 2. The van der Waals surface area contributed by atoms with Gasteiger partial charge in [-0.3, -0.25) is 0 Å². The van der Waals surface area contributed by atoms with E-state index in [1.807, 2.05) is 30.3 Å². The van der Waals surface area contributed by atoms with Gasteiger partial charge in [-0.05, 0) is 30.2 Å². The van der Waals surface area contributed by atoms with Gasteiger partial charge < -0.3 is 9.73 Å². The molecule has 3 rings (SSSR count). The number of aryl methyl sites for hydroxylation is 1. The predicted molar refractivity (Wildman–Crippen MR) is 86.3 cm³/mol. The maximum atomic E-state index is 5.68. The summed E-state index contributed by atoms with van der Waals surface area (Å²) in [6.07, 6.45) is 0.728. The Morgan fingerprint density at radius 1 is 0.955 bits per heavy atom. The molecule has 2 aromatic carbocycles. The van der Waals surface area contributed by atoms with Crippen LogP contribution in [-0.2, 0) is 13.0 Å². The van der Waals surface area contributed by atoms with E-state index in [9.17, 15) is 0 Å². The Balaban J connectivity index is 1.51. The van der Waals surface area contributed by atoms with E-state index >= 15 is 0 Å². The van der Waals surface area contributed by atoms with Gasteiger partial charge in [0, 0.05) is 25.1 Å². The van der Waals surface area contributed by atoms with Gasteiger partial charge in [0.15, 0.2) is 0 Å². The molecule has 0 fully saturated rings.